The first-order valence-corrected chi connectivity index (χ1v) is 6.87. The molecule has 0 saturated heterocycles. The second-order valence-electron chi connectivity index (χ2n) is 4.14. The Balaban J connectivity index is 2.63. The third-order valence-corrected chi connectivity index (χ3v) is 3.03. The molecule has 0 aliphatic carbocycles. The van der Waals surface area contributed by atoms with Crippen LogP contribution in [-0.2, 0) is 6.18 Å². The van der Waals surface area contributed by atoms with Crippen LogP contribution in [0.5, 0.6) is 0 Å². The van der Waals surface area contributed by atoms with Crippen molar-refractivity contribution in [2.75, 3.05) is 5.33 Å². The largest absolute Gasteiger partial charge is 0.417 e. The van der Waals surface area contributed by atoms with Crippen LogP contribution >= 0.6 is 15.9 Å². The Kier molecular flexibility index (Phi) is 5.78. The molecule has 106 valence electrons. The Morgan fingerprint density at radius 1 is 1.47 bits per heavy atom. The molecular formula is C12H14BrF3N2O. The highest BCUT2D eigenvalue weighted by Gasteiger charge is 2.30. The Labute approximate surface area is 117 Å². The normalized spacial score (nSPS) is 13.1. The van der Waals surface area contributed by atoms with Gasteiger partial charge in [0.05, 0.1) is 5.56 Å². The highest BCUT2D eigenvalue weighted by Crippen LogP contribution is 2.28. The van der Waals surface area contributed by atoms with Gasteiger partial charge in [-0.3, -0.25) is 9.78 Å². The molecule has 0 saturated carbocycles. The molecule has 1 rings (SSSR count). The quantitative estimate of drug-likeness (QED) is 0.836. The average molecular weight is 339 g/mol. The molecule has 0 fully saturated rings. The molecule has 1 aromatic heterocycles. The van der Waals surface area contributed by atoms with Crippen molar-refractivity contribution in [3.63, 3.8) is 0 Å². The molecule has 0 aromatic carbocycles. The van der Waals surface area contributed by atoms with E-state index in [1.807, 2.05) is 6.92 Å². The van der Waals surface area contributed by atoms with Gasteiger partial charge in [0.25, 0.3) is 5.91 Å². The number of carbonyl (C=O) groups excluding carboxylic acids is 1. The van der Waals surface area contributed by atoms with Gasteiger partial charge in [-0.25, -0.2) is 0 Å². The Bertz CT molecular complexity index is 420. The van der Waals surface area contributed by atoms with Crippen molar-refractivity contribution < 1.29 is 18.0 Å². The lowest BCUT2D eigenvalue weighted by Crippen LogP contribution is -2.33. The third-order valence-electron chi connectivity index (χ3n) is 2.47. The standard InChI is InChI=1S/C12H14BrF3N2O/c1-8(3-2-6-13)18-11(19)10-5-4-9(7-17-10)12(14,15)16/h4-5,7-8H,2-3,6H2,1H3,(H,18,19). The topological polar surface area (TPSA) is 42.0 Å². The third kappa shape index (κ3) is 5.18. The predicted octanol–water partition coefficient (Wildman–Crippen LogP) is 3.39. The summed E-state index contributed by atoms with van der Waals surface area (Å²) in [4.78, 5) is 15.2. The number of aromatic nitrogens is 1. The molecular weight excluding hydrogens is 325 g/mol. The van der Waals surface area contributed by atoms with Crippen molar-refractivity contribution in [1.82, 2.24) is 10.3 Å². The summed E-state index contributed by atoms with van der Waals surface area (Å²) in [7, 11) is 0. The average Bonchev–Trinajstić information content (AvgIpc) is 2.35. The van der Waals surface area contributed by atoms with Crippen molar-refractivity contribution in [1.29, 1.82) is 0 Å². The van der Waals surface area contributed by atoms with Gasteiger partial charge < -0.3 is 5.32 Å². The molecule has 1 N–H and O–H groups in total. The second kappa shape index (κ2) is 6.88. The number of halogens is 4. The van der Waals surface area contributed by atoms with Gasteiger partial charge in [0.2, 0.25) is 0 Å². The van der Waals surface area contributed by atoms with Crippen LogP contribution in [0.1, 0.15) is 35.8 Å². The lowest BCUT2D eigenvalue weighted by molar-refractivity contribution is -0.137. The fraction of sp³-hybridized carbons (Fsp3) is 0.500. The zero-order valence-corrected chi connectivity index (χ0v) is 11.9. The van der Waals surface area contributed by atoms with E-state index in [2.05, 4.69) is 26.2 Å². The molecule has 1 amide bonds. The maximum absolute atomic E-state index is 12.3. The molecule has 0 bridgehead atoms. The highest BCUT2D eigenvalue weighted by molar-refractivity contribution is 9.09. The summed E-state index contributed by atoms with van der Waals surface area (Å²) in [5.74, 6) is -0.462. The van der Waals surface area contributed by atoms with Crippen LogP contribution in [0.3, 0.4) is 0 Å². The van der Waals surface area contributed by atoms with Crippen LogP contribution in [0.4, 0.5) is 13.2 Å². The monoisotopic (exact) mass is 338 g/mol. The zero-order chi connectivity index (χ0) is 14.5. The number of hydrogen-bond donors (Lipinski definition) is 1. The molecule has 1 heterocycles. The van der Waals surface area contributed by atoms with Crippen LogP contribution in [0.25, 0.3) is 0 Å². The fourth-order valence-corrected chi connectivity index (χ4v) is 1.77. The van der Waals surface area contributed by atoms with Crippen LogP contribution < -0.4 is 5.32 Å². The summed E-state index contributed by atoms with van der Waals surface area (Å²) in [6.07, 6.45) is -2.08. The molecule has 0 radical (unpaired) electrons. The van der Waals surface area contributed by atoms with E-state index in [1.54, 1.807) is 0 Å². The van der Waals surface area contributed by atoms with E-state index in [0.29, 0.717) is 6.20 Å². The number of pyridine rings is 1. The van der Waals surface area contributed by atoms with E-state index < -0.39 is 17.6 Å². The number of amides is 1. The Morgan fingerprint density at radius 2 is 2.16 bits per heavy atom. The summed E-state index contributed by atoms with van der Waals surface area (Å²) in [6.45, 7) is 1.84. The molecule has 19 heavy (non-hydrogen) atoms. The lowest BCUT2D eigenvalue weighted by atomic mass is 10.2. The van der Waals surface area contributed by atoms with Gasteiger partial charge in [-0.1, -0.05) is 15.9 Å². The molecule has 1 atom stereocenters. The maximum Gasteiger partial charge on any atom is 0.417 e. The molecule has 7 heteroatoms. The summed E-state index contributed by atoms with van der Waals surface area (Å²) < 4.78 is 37.0. The summed E-state index contributed by atoms with van der Waals surface area (Å²) in [5.41, 5.74) is -0.880. The minimum Gasteiger partial charge on any atom is -0.348 e. The first kappa shape index (κ1) is 15.9. The van der Waals surface area contributed by atoms with Crippen molar-refractivity contribution in [2.24, 2.45) is 0 Å². The maximum atomic E-state index is 12.3. The predicted molar refractivity (Wildman–Crippen MR) is 69.2 cm³/mol. The van der Waals surface area contributed by atoms with Gasteiger partial charge in [-0.15, -0.1) is 0 Å². The summed E-state index contributed by atoms with van der Waals surface area (Å²) in [5, 5.41) is 3.52. The van der Waals surface area contributed by atoms with Crippen LogP contribution in [-0.4, -0.2) is 22.3 Å². The zero-order valence-electron chi connectivity index (χ0n) is 10.3. The molecule has 3 nitrogen and oxygen atoms in total. The van der Waals surface area contributed by atoms with Gasteiger partial charge in [-0.05, 0) is 31.9 Å². The van der Waals surface area contributed by atoms with E-state index in [9.17, 15) is 18.0 Å². The minimum atomic E-state index is -4.44. The van der Waals surface area contributed by atoms with Crippen molar-refractivity contribution in [3.05, 3.63) is 29.6 Å². The van der Waals surface area contributed by atoms with Gasteiger partial charge in [0.15, 0.2) is 0 Å². The smallest absolute Gasteiger partial charge is 0.348 e. The minimum absolute atomic E-state index is 0.0151. The molecule has 0 spiro atoms. The van der Waals surface area contributed by atoms with Crippen LogP contribution in [0, 0.1) is 0 Å². The van der Waals surface area contributed by atoms with Crippen LogP contribution in [0.2, 0.25) is 0 Å². The summed E-state index contributed by atoms with van der Waals surface area (Å²) in [6, 6.07) is 1.88. The van der Waals surface area contributed by atoms with E-state index >= 15 is 0 Å². The van der Waals surface area contributed by atoms with Crippen molar-refractivity contribution >= 4 is 21.8 Å². The number of carbonyl (C=O) groups is 1. The number of rotatable bonds is 5. The summed E-state index contributed by atoms with van der Waals surface area (Å²) >= 11 is 3.28. The number of hydrogen-bond acceptors (Lipinski definition) is 2. The van der Waals surface area contributed by atoms with E-state index in [4.69, 9.17) is 0 Å². The van der Waals surface area contributed by atoms with Crippen molar-refractivity contribution in [2.45, 2.75) is 32.0 Å². The fourth-order valence-electron chi connectivity index (χ4n) is 1.45. The van der Waals surface area contributed by atoms with E-state index in [-0.39, 0.29) is 11.7 Å². The number of nitrogens with one attached hydrogen (secondary N) is 1. The van der Waals surface area contributed by atoms with Crippen molar-refractivity contribution in [3.8, 4) is 0 Å². The first-order valence-electron chi connectivity index (χ1n) is 5.74. The number of alkyl halides is 4. The van der Waals surface area contributed by atoms with Gasteiger partial charge in [0.1, 0.15) is 5.69 Å². The molecule has 1 unspecified atom stereocenters. The van der Waals surface area contributed by atoms with Gasteiger partial charge in [-0.2, -0.15) is 13.2 Å². The number of nitrogens with zero attached hydrogens (tertiary/aromatic N) is 1. The van der Waals surface area contributed by atoms with Gasteiger partial charge in [0, 0.05) is 17.6 Å². The van der Waals surface area contributed by atoms with Gasteiger partial charge >= 0.3 is 6.18 Å². The highest BCUT2D eigenvalue weighted by atomic mass is 79.9. The van der Waals surface area contributed by atoms with E-state index in [0.717, 1.165) is 30.3 Å². The molecule has 1 aromatic rings. The first-order chi connectivity index (χ1) is 8.84. The lowest BCUT2D eigenvalue weighted by Gasteiger charge is -2.13. The Hall–Kier alpha value is -1.11. The van der Waals surface area contributed by atoms with Crippen LogP contribution in [0.15, 0.2) is 18.3 Å². The molecule has 0 aliphatic heterocycles. The second-order valence-corrected chi connectivity index (χ2v) is 4.93. The Morgan fingerprint density at radius 3 is 2.63 bits per heavy atom. The molecule has 0 aliphatic rings. The SMILES string of the molecule is CC(CCCBr)NC(=O)c1ccc(C(F)(F)F)cn1. The van der Waals surface area contributed by atoms with E-state index in [1.165, 1.54) is 0 Å².